The summed E-state index contributed by atoms with van der Waals surface area (Å²) in [6, 6.07) is 0. The molecule has 1 atom stereocenters. The molecule has 0 aromatic heterocycles. The average Bonchev–Trinajstić information content (AvgIpc) is 2.67. The van der Waals surface area contributed by atoms with Gasteiger partial charge in [-0.05, 0) is 52.2 Å². The number of carboxylic acid groups (broad SMARTS) is 1. The van der Waals surface area contributed by atoms with E-state index in [1.807, 2.05) is 0 Å². The van der Waals surface area contributed by atoms with E-state index in [4.69, 9.17) is 16.1 Å². The zero-order chi connectivity index (χ0) is 27.6. The highest BCUT2D eigenvalue weighted by atomic mass is 16.4. The van der Waals surface area contributed by atoms with Gasteiger partial charge in [-0.25, -0.2) is 0 Å². The van der Waals surface area contributed by atoms with Crippen molar-refractivity contribution in [1.29, 1.82) is 0 Å². The van der Waals surface area contributed by atoms with Crippen molar-refractivity contribution >= 4 is 5.97 Å². The zero-order valence-corrected chi connectivity index (χ0v) is 16.2. The van der Waals surface area contributed by atoms with Gasteiger partial charge < -0.3 is 10.2 Å². The molecule has 1 unspecified atom stereocenters. The van der Waals surface area contributed by atoms with E-state index >= 15 is 0 Å². The molecule has 150 valence electrons. The Kier molecular flexibility index (Phi) is 8.31. The molecule has 0 saturated carbocycles. The Morgan fingerprint density at radius 3 is 2.00 bits per heavy atom. The van der Waals surface area contributed by atoms with Crippen LogP contribution in [0.15, 0.2) is 72.9 Å². The molecule has 2 N–H and O–H groups in total. The van der Waals surface area contributed by atoms with E-state index in [-0.39, 0.29) is 12.8 Å². The fraction of sp³-hybridized carbons (Fsp3) is 0.458. The van der Waals surface area contributed by atoms with Gasteiger partial charge >= 0.3 is 5.97 Å². The number of hydrogen-bond donors (Lipinski definition) is 2. The van der Waals surface area contributed by atoms with Gasteiger partial charge in [0.2, 0.25) is 0 Å². The van der Waals surface area contributed by atoms with E-state index in [1.165, 1.54) is 69.4 Å². The van der Waals surface area contributed by atoms with Gasteiger partial charge in [-0.3, -0.25) is 4.79 Å². The molecule has 0 aliphatic carbocycles. The molecule has 0 rings (SSSR count). The molecule has 27 heavy (non-hydrogen) atoms. The largest absolute Gasteiger partial charge is 0.481 e. The van der Waals surface area contributed by atoms with Gasteiger partial charge in [0.1, 0.15) is 0 Å². The number of aliphatic hydroxyl groups excluding tert-OH is 1. The van der Waals surface area contributed by atoms with Crippen LogP contribution < -0.4 is 0 Å². The van der Waals surface area contributed by atoms with Crippen LogP contribution in [0.4, 0.5) is 0 Å². The predicted octanol–water partition coefficient (Wildman–Crippen LogP) is 6.16. The molecule has 3 heteroatoms. The van der Waals surface area contributed by atoms with Crippen LogP contribution in [0.2, 0.25) is 0 Å². The minimum absolute atomic E-state index is 0.00172. The maximum atomic E-state index is 11.1. The summed E-state index contributed by atoms with van der Waals surface area (Å²) in [5, 5.41) is 19.0. The standard InChI is InChI=1S/C24H36O3/c1-4-5-6-7-8-9-10-11-12-13-14-15-16-17-18-19-20-22(25)21-24(2,3)23(26)27/h5-6,8-9,11-12,14-15,17-20,22,25H,4,7,10,13,16,21H2,1-3H3,(H,26,27)/b6-5-,9-8-,12-11-,15-14-,18-17-,20-19+/i4D2,7D2,13D2,16D2. The van der Waals surface area contributed by atoms with Crippen LogP contribution in [0, 0.1) is 5.41 Å². The first-order valence-electron chi connectivity index (χ1n) is 12.7. The second kappa shape index (κ2) is 16.1. The van der Waals surface area contributed by atoms with Crippen LogP contribution in [0.3, 0.4) is 0 Å². The molecule has 0 spiro atoms. The number of rotatable bonds is 14. The normalized spacial score (nSPS) is 21.3. The summed E-state index contributed by atoms with van der Waals surface area (Å²) in [5.74, 6) is -1.03. The van der Waals surface area contributed by atoms with Crippen LogP contribution in [-0.4, -0.2) is 22.3 Å². The summed E-state index contributed by atoms with van der Waals surface area (Å²) in [6.07, 6.45) is 6.96. The third kappa shape index (κ3) is 15.8. The van der Waals surface area contributed by atoms with Gasteiger partial charge in [-0.15, -0.1) is 0 Å². The predicted molar refractivity (Wildman–Crippen MR) is 116 cm³/mol. The molecule has 0 saturated heterocycles. The molecule has 0 radical (unpaired) electrons. The van der Waals surface area contributed by atoms with Crippen molar-refractivity contribution in [1.82, 2.24) is 0 Å². The van der Waals surface area contributed by atoms with Gasteiger partial charge in [0.05, 0.1) is 11.5 Å². The number of hydrogen-bond acceptors (Lipinski definition) is 2. The molecule has 0 fully saturated rings. The third-order valence-electron chi connectivity index (χ3n) is 3.26. The Labute approximate surface area is 176 Å². The highest BCUT2D eigenvalue weighted by molar-refractivity contribution is 5.73. The lowest BCUT2D eigenvalue weighted by molar-refractivity contribution is -0.148. The highest BCUT2D eigenvalue weighted by Crippen LogP contribution is 2.22. The topological polar surface area (TPSA) is 57.5 Å². The average molecular weight is 381 g/mol. The number of allylic oxidation sites excluding steroid dienone is 11. The second-order valence-corrected chi connectivity index (χ2v) is 6.20. The highest BCUT2D eigenvalue weighted by Gasteiger charge is 2.28. The van der Waals surface area contributed by atoms with Gasteiger partial charge in [-0.2, -0.15) is 0 Å². The Morgan fingerprint density at radius 2 is 1.44 bits per heavy atom. The quantitative estimate of drug-likeness (QED) is 0.280. The summed E-state index contributed by atoms with van der Waals surface area (Å²) in [4.78, 5) is 11.1. The van der Waals surface area contributed by atoms with Crippen LogP contribution >= 0.6 is 0 Å². The fourth-order valence-corrected chi connectivity index (χ4v) is 1.73. The first-order valence-corrected chi connectivity index (χ1v) is 8.70. The van der Waals surface area contributed by atoms with E-state index < -0.39 is 43.0 Å². The Bertz CT molecular complexity index is 860. The molecule has 0 aromatic carbocycles. The molecular formula is C24H36O3. The van der Waals surface area contributed by atoms with Gasteiger partial charge in [0, 0.05) is 11.0 Å². The maximum absolute atomic E-state index is 11.1. The van der Waals surface area contributed by atoms with Crippen molar-refractivity contribution in [2.45, 2.75) is 65.2 Å². The summed E-state index contributed by atoms with van der Waals surface area (Å²) >= 11 is 0. The number of carbonyl (C=O) groups is 1. The van der Waals surface area contributed by atoms with E-state index in [1.54, 1.807) is 0 Å². The van der Waals surface area contributed by atoms with Crippen LogP contribution in [-0.2, 0) is 4.79 Å². The smallest absolute Gasteiger partial charge is 0.309 e. The van der Waals surface area contributed by atoms with Crippen LogP contribution in [0.5, 0.6) is 0 Å². The molecule has 0 amide bonds. The maximum Gasteiger partial charge on any atom is 0.309 e. The van der Waals surface area contributed by atoms with Crippen molar-refractivity contribution in [3.63, 3.8) is 0 Å². The summed E-state index contributed by atoms with van der Waals surface area (Å²) in [5.41, 5.74) is -1.10. The Balaban J connectivity index is 4.89. The van der Waals surface area contributed by atoms with Crippen molar-refractivity contribution in [2.24, 2.45) is 5.41 Å². The first kappa shape index (κ1) is 14.0. The molecule has 0 bridgehead atoms. The summed E-state index contributed by atoms with van der Waals surface area (Å²) in [6.45, 7) is 4.30. The van der Waals surface area contributed by atoms with Crippen LogP contribution in [0.1, 0.15) is 70.1 Å². The minimum Gasteiger partial charge on any atom is -0.481 e. The Hall–Kier alpha value is -2.13. The van der Waals surface area contributed by atoms with Crippen molar-refractivity contribution in [2.75, 3.05) is 0 Å². The van der Waals surface area contributed by atoms with Gasteiger partial charge in [0.25, 0.3) is 0 Å². The third-order valence-corrected chi connectivity index (χ3v) is 3.26. The molecular weight excluding hydrogens is 336 g/mol. The van der Waals surface area contributed by atoms with E-state index in [0.29, 0.717) is 0 Å². The lowest BCUT2D eigenvalue weighted by atomic mass is 9.87. The number of aliphatic hydroxyl groups is 1. The van der Waals surface area contributed by atoms with Crippen molar-refractivity contribution in [3.05, 3.63) is 72.9 Å². The second-order valence-electron chi connectivity index (χ2n) is 6.20. The summed E-state index contributed by atoms with van der Waals surface area (Å²) < 4.78 is 62.1. The van der Waals surface area contributed by atoms with Crippen LogP contribution in [0.25, 0.3) is 0 Å². The minimum atomic E-state index is -1.97. The van der Waals surface area contributed by atoms with E-state index in [2.05, 4.69) is 0 Å². The lowest BCUT2D eigenvalue weighted by Gasteiger charge is -2.20. The van der Waals surface area contributed by atoms with E-state index in [0.717, 1.165) is 24.3 Å². The number of aliphatic carboxylic acids is 1. The SMILES string of the molecule is [2H]C([2H])(C)/C=C\C([2H])([2H])/C=C\C/C=C\C([2H])([2H])/C=C\C([2H])([2H])/C=C\C=C\C(O)CC(C)(C)C(=O)O. The van der Waals surface area contributed by atoms with Crippen molar-refractivity contribution in [3.8, 4) is 0 Å². The molecule has 0 aliphatic heterocycles. The molecule has 0 aromatic rings. The Morgan fingerprint density at radius 1 is 0.926 bits per heavy atom. The molecule has 0 heterocycles. The lowest BCUT2D eigenvalue weighted by Crippen LogP contribution is -2.28. The monoisotopic (exact) mass is 380 g/mol. The van der Waals surface area contributed by atoms with Crippen molar-refractivity contribution < 1.29 is 26.0 Å². The fourth-order valence-electron chi connectivity index (χ4n) is 1.73. The molecule has 0 aliphatic rings. The van der Waals surface area contributed by atoms with E-state index in [9.17, 15) is 9.90 Å². The number of carboxylic acids is 1. The zero-order valence-electron chi connectivity index (χ0n) is 24.2. The van der Waals surface area contributed by atoms with Gasteiger partial charge in [0.15, 0.2) is 0 Å². The first-order chi connectivity index (χ1) is 15.7. The summed E-state index contributed by atoms with van der Waals surface area (Å²) in [7, 11) is 0. The van der Waals surface area contributed by atoms with Gasteiger partial charge in [-0.1, -0.05) is 79.8 Å². The molecule has 3 nitrogen and oxygen atoms in total.